The summed E-state index contributed by atoms with van der Waals surface area (Å²) >= 11 is 0. The van der Waals surface area contributed by atoms with Gasteiger partial charge in [0.05, 0.1) is 29.7 Å². The molecule has 4 rings (SSSR count). The minimum atomic E-state index is -5.94. The topological polar surface area (TPSA) is 79.5 Å². The van der Waals surface area contributed by atoms with Gasteiger partial charge in [0, 0.05) is 30.4 Å². The standard InChI is InChI=1S/C22H23F7N4O2S/c23-18-9-31-14(8-19(18)30)10-33-15(7-6-13-4-5-13)11-32(36(34,35)22(27,28)29)12-16-17(21(24,25)26)2-1-3-20(16)33/h1-3,8-9,13,15H,4-7,10-12H2,(H2,30,31). The van der Waals surface area contributed by atoms with Gasteiger partial charge in [-0.05, 0) is 37.0 Å². The van der Waals surface area contributed by atoms with Crippen LogP contribution in [0.25, 0.3) is 0 Å². The van der Waals surface area contributed by atoms with Gasteiger partial charge in [0.1, 0.15) is 0 Å². The maximum absolute atomic E-state index is 13.9. The summed E-state index contributed by atoms with van der Waals surface area (Å²) in [5, 5.41) is 0. The molecule has 14 heteroatoms. The van der Waals surface area contributed by atoms with Gasteiger partial charge in [-0.3, -0.25) is 4.98 Å². The zero-order valence-electron chi connectivity index (χ0n) is 18.8. The number of anilines is 2. The summed E-state index contributed by atoms with van der Waals surface area (Å²) in [4.78, 5) is 5.36. The van der Waals surface area contributed by atoms with Crippen molar-refractivity contribution in [2.45, 2.75) is 56.5 Å². The molecule has 2 aromatic rings. The van der Waals surface area contributed by atoms with Crippen LogP contribution in [0.4, 0.5) is 42.1 Å². The van der Waals surface area contributed by atoms with E-state index in [0.717, 1.165) is 25.1 Å². The molecule has 0 spiro atoms. The van der Waals surface area contributed by atoms with E-state index < -0.39 is 57.8 Å². The predicted molar refractivity (Wildman–Crippen MR) is 117 cm³/mol. The minimum absolute atomic E-state index is 0.0600. The van der Waals surface area contributed by atoms with Gasteiger partial charge in [0.25, 0.3) is 0 Å². The number of nitrogens with two attached hydrogens (primary N) is 1. The molecule has 1 aliphatic carbocycles. The number of sulfonamides is 1. The second-order valence-corrected chi connectivity index (χ2v) is 11.0. The number of rotatable bonds is 6. The molecule has 1 fully saturated rings. The highest BCUT2D eigenvalue weighted by molar-refractivity contribution is 7.89. The molecule has 0 amide bonds. The molecule has 0 bridgehead atoms. The quantitative estimate of drug-likeness (QED) is 0.519. The lowest BCUT2D eigenvalue weighted by Gasteiger charge is -2.34. The van der Waals surface area contributed by atoms with Crippen molar-refractivity contribution in [3.63, 3.8) is 0 Å². The first kappa shape index (κ1) is 26.5. The van der Waals surface area contributed by atoms with Gasteiger partial charge in [-0.2, -0.15) is 30.6 Å². The Bertz CT molecular complexity index is 1230. The zero-order chi connectivity index (χ0) is 26.5. The number of alkyl halides is 6. The van der Waals surface area contributed by atoms with Crippen LogP contribution < -0.4 is 10.6 Å². The highest BCUT2D eigenvalue weighted by atomic mass is 32.2. The average molecular weight is 541 g/mol. The molecular weight excluding hydrogens is 517 g/mol. The van der Waals surface area contributed by atoms with Crippen LogP contribution in [-0.2, 0) is 29.3 Å². The van der Waals surface area contributed by atoms with Crippen molar-refractivity contribution in [3.8, 4) is 0 Å². The van der Waals surface area contributed by atoms with E-state index in [0.29, 0.717) is 18.4 Å². The first-order valence-corrected chi connectivity index (χ1v) is 12.5. The van der Waals surface area contributed by atoms with Gasteiger partial charge in [-0.25, -0.2) is 12.8 Å². The molecule has 2 aliphatic rings. The fourth-order valence-corrected chi connectivity index (χ4v) is 5.39. The molecule has 198 valence electrons. The van der Waals surface area contributed by atoms with E-state index in [9.17, 15) is 39.2 Å². The summed E-state index contributed by atoms with van der Waals surface area (Å²) in [5.41, 5.74) is -2.06. The smallest absolute Gasteiger partial charge is 0.396 e. The van der Waals surface area contributed by atoms with Crippen molar-refractivity contribution in [2.75, 3.05) is 17.2 Å². The van der Waals surface area contributed by atoms with Crippen molar-refractivity contribution >= 4 is 21.4 Å². The Balaban J connectivity index is 1.86. The maximum atomic E-state index is 13.9. The summed E-state index contributed by atoms with van der Waals surface area (Å²) in [5.74, 6) is -0.481. The van der Waals surface area contributed by atoms with E-state index in [1.807, 2.05) is 0 Å². The molecule has 1 aromatic carbocycles. The van der Waals surface area contributed by atoms with Gasteiger partial charge in [-0.15, -0.1) is 0 Å². The lowest BCUT2D eigenvalue weighted by Crippen LogP contribution is -2.47. The third-order valence-corrected chi connectivity index (χ3v) is 8.01. The molecule has 0 radical (unpaired) electrons. The second-order valence-electron chi connectivity index (χ2n) is 9.04. The number of nitrogens with zero attached hydrogens (tertiary/aromatic N) is 3. The molecule has 2 heterocycles. The first-order chi connectivity index (χ1) is 16.7. The summed E-state index contributed by atoms with van der Waals surface area (Å²) in [6.45, 7) is -2.01. The molecule has 0 saturated heterocycles. The summed E-state index contributed by atoms with van der Waals surface area (Å²) in [7, 11) is -5.94. The van der Waals surface area contributed by atoms with Gasteiger partial charge < -0.3 is 10.6 Å². The van der Waals surface area contributed by atoms with Gasteiger partial charge in [-0.1, -0.05) is 18.9 Å². The molecule has 2 N–H and O–H groups in total. The molecule has 36 heavy (non-hydrogen) atoms. The number of benzene rings is 1. The Kier molecular flexibility index (Phi) is 6.88. The highest BCUT2D eigenvalue weighted by Gasteiger charge is 2.52. The van der Waals surface area contributed by atoms with E-state index in [1.165, 1.54) is 17.0 Å². The van der Waals surface area contributed by atoms with E-state index >= 15 is 0 Å². The van der Waals surface area contributed by atoms with Crippen LogP contribution in [0, 0.1) is 11.7 Å². The van der Waals surface area contributed by atoms with Crippen molar-refractivity contribution in [1.29, 1.82) is 0 Å². The lowest BCUT2D eigenvalue weighted by molar-refractivity contribution is -0.138. The Morgan fingerprint density at radius 1 is 1.08 bits per heavy atom. The minimum Gasteiger partial charge on any atom is -0.396 e. The largest absolute Gasteiger partial charge is 0.511 e. The van der Waals surface area contributed by atoms with Crippen LogP contribution >= 0.6 is 0 Å². The van der Waals surface area contributed by atoms with Crippen molar-refractivity contribution < 1.29 is 39.2 Å². The fourth-order valence-electron chi connectivity index (χ4n) is 4.43. The summed E-state index contributed by atoms with van der Waals surface area (Å²) < 4.78 is 121. The Hall–Kier alpha value is -2.61. The van der Waals surface area contributed by atoms with E-state index in [2.05, 4.69) is 4.98 Å². The number of halogens is 7. The number of aromatic nitrogens is 1. The predicted octanol–water partition coefficient (Wildman–Crippen LogP) is 5.05. The van der Waals surface area contributed by atoms with Crippen molar-refractivity contribution in [1.82, 2.24) is 9.29 Å². The van der Waals surface area contributed by atoms with Crippen molar-refractivity contribution in [3.05, 3.63) is 53.1 Å². The number of pyridine rings is 1. The van der Waals surface area contributed by atoms with Crippen LogP contribution in [0.5, 0.6) is 0 Å². The molecule has 1 unspecified atom stereocenters. The van der Waals surface area contributed by atoms with Crippen molar-refractivity contribution in [2.24, 2.45) is 5.92 Å². The Morgan fingerprint density at radius 3 is 2.36 bits per heavy atom. The molecular formula is C22H23F7N4O2S. The van der Waals surface area contributed by atoms with Crippen LogP contribution in [0.3, 0.4) is 0 Å². The molecule has 1 aliphatic heterocycles. The number of hydrogen-bond donors (Lipinski definition) is 1. The third-order valence-electron chi connectivity index (χ3n) is 6.47. The van der Waals surface area contributed by atoms with E-state index in [-0.39, 0.29) is 34.3 Å². The van der Waals surface area contributed by atoms with Gasteiger partial charge in [0.15, 0.2) is 5.82 Å². The maximum Gasteiger partial charge on any atom is 0.511 e. The molecule has 1 saturated carbocycles. The highest BCUT2D eigenvalue weighted by Crippen LogP contribution is 2.43. The number of hydrogen-bond acceptors (Lipinski definition) is 5. The SMILES string of the molecule is Nc1cc(CN2c3cccc(C(F)(F)F)c3CN(S(=O)(=O)C(F)(F)F)CC2CCC2CC2)ncc1F. The van der Waals surface area contributed by atoms with Crippen LogP contribution in [0.2, 0.25) is 0 Å². The van der Waals surface area contributed by atoms with Crippen LogP contribution in [0.1, 0.15) is 42.5 Å². The number of fused-ring (bicyclic) bond motifs is 1. The molecule has 1 aromatic heterocycles. The molecule has 6 nitrogen and oxygen atoms in total. The third kappa shape index (κ3) is 5.38. The second kappa shape index (κ2) is 9.36. The zero-order valence-corrected chi connectivity index (χ0v) is 19.6. The summed E-state index contributed by atoms with van der Waals surface area (Å²) in [6.07, 6.45) is -1.47. The fraction of sp³-hybridized carbons (Fsp3) is 0.500. The van der Waals surface area contributed by atoms with E-state index in [4.69, 9.17) is 5.73 Å². The van der Waals surface area contributed by atoms with Gasteiger partial charge >= 0.3 is 21.7 Å². The lowest BCUT2D eigenvalue weighted by atomic mass is 10.0. The van der Waals surface area contributed by atoms with Crippen LogP contribution in [-0.4, -0.2) is 35.8 Å². The van der Waals surface area contributed by atoms with E-state index in [1.54, 1.807) is 0 Å². The first-order valence-electron chi connectivity index (χ1n) is 11.1. The molecule has 1 atom stereocenters. The van der Waals surface area contributed by atoms with Gasteiger partial charge in [0.2, 0.25) is 0 Å². The van der Waals surface area contributed by atoms with Crippen LogP contribution in [0.15, 0.2) is 30.5 Å². The Morgan fingerprint density at radius 2 is 1.78 bits per heavy atom. The summed E-state index contributed by atoms with van der Waals surface area (Å²) in [6, 6.07) is 3.42. The normalized spacial score (nSPS) is 19.8. The monoisotopic (exact) mass is 540 g/mol. The number of nitrogen functional groups attached to an aromatic ring is 1. The Labute approximate surface area is 202 Å². The average Bonchev–Trinajstić information content (AvgIpc) is 3.60.